The Bertz CT molecular complexity index is 919. The minimum Gasteiger partial charge on any atom is -0.481 e. The van der Waals surface area contributed by atoms with Gasteiger partial charge in [0, 0.05) is 30.8 Å². The summed E-state index contributed by atoms with van der Waals surface area (Å²) >= 11 is 0. The first-order valence-electron chi connectivity index (χ1n) is 10.4. The highest BCUT2D eigenvalue weighted by atomic mass is 16.5. The number of benzene rings is 2. The summed E-state index contributed by atoms with van der Waals surface area (Å²) in [5.41, 5.74) is 2.04. The van der Waals surface area contributed by atoms with Gasteiger partial charge in [0.2, 0.25) is 0 Å². The molecule has 1 N–H and O–H groups in total. The molecule has 1 atom stereocenters. The first-order valence-corrected chi connectivity index (χ1v) is 10.4. The second kappa shape index (κ2) is 10.1. The minimum absolute atomic E-state index is 0.0462. The molecule has 3 rings (SSSR count). The summed E-state index contributed by atoms with van der Waals surface area (Å²) in [5, 5.41) is 2.85. The SMILES string of the molecule is CC(=O)c1cccc(OC(C)C(=O)NCc2cccc(C(=O)N3CCCCC3)c2)c1. The summed E-state index contributed by atoms with van der Waals surface area (Å²) in [6.45, 7) is 5.06. The molecule has 1 heterocycles. The van der Waals surface area contributed by atoms with E-state index in [4.69, 9.17) is 4.74 Å². The van der Waals surface area contributed by atoms with Crippen LogP contribution in [0.2, 0.25) is 0 Å². The fourth-order valence-electron chi connectivity index (χ4n) is 3.47. The Balaban J connectivity index is 1.55. The fraction of sp³-hybridized carbons (Fsp3) is 0.375. The number of ketones is 1. The van der Waals surface area contributed by atoms with E-state index in [-0.39, 0.29) is 17.6 Å². The van der Waals surface area contributed by atoms with Gasteiger partial charge in [0.25, 0.3) is 11.8 Å². The normalized spacial score (nSPS) is 14.7. The van der Waals surface area contributed by atoms with Crippen LogP contribution in [0.5, 0.6) is 5.75 Å². The van der Waals surface area contributed by atoms with Crippen molar-refractivity contribution in [3.05, 3.63) is 65.2 Å². The average molecular weight is 408 g/mol. The number of carbonyl (C=O) groups excluding carboxylic acids is 3. The molecule has 6 heteroatoms. The number of nitrogens with one attached hydrogen (secondary N) is 1. The number of hydrogen-bond donors (Lipinski definition) is 1. The summed E-state index contributed by atoms with van der Waals surface area (Å²) in [7, 11) is 0. The average Bonchev–Trinajstić information content (AvgIpc) is 2.77. The molecule has 2 aromatic carbocycles. The highest BCUT2D eigenvalue weighted by molar-refractivity contribution is 5.95. The van der Waals surface area contributed by atoms with Crippen LogP contribution in [0.25, 0.3) is 0 Å². The van der Waals surface area contributed by atoms with Crippen molar-refractivity contribution in [3.8, 4) is 5.75 Å². The van der Waals surface area contributed by atoms with E-state index >= 15 is 0 Å². The zero-order valence-corrected chi connectivity index (χ0v) is 17.5. The van der Waals surface area contributed by atoms with Crippen LogP contribution in [0.3, 0.4) is 0 Å². The third kappa shape index (κ3) is 5.69. The maximum atomic E-state index is 12.7. The van der Waals surface area contributed by atoms with Crippen LogP contribution in [-0.2, 0) is 11.3 Å². The number of carbonyl (C=O) groups is 3. The number of rotatable bonds is 7. The van der Waals surface area contributed by atoms with E-state index in [1.807, 2.05) is 29.2 Å². The molecular weight excluding hydrogens is 380 g/mol. The Kier molecular flexibility index (Phi) is 7.22. The Hall–Kier alpha value is -3.15. The van der Waals surface area contributed by atoms with Crippen LogP contribution >= 0.6 is 0 Å². The largest absolute Gasteiger partial charge is 0.481 e. The van der Waals surface area contributed by atoms with Gasteiger partial charge in [-0.2, -0.15) is 0 Å². The van der Waals surface area contributed by atoms with Gasteiger partial charge in [0.05, 0.1) is 0 Å². The predicted octanol–water partition coefficient (Wildman–Crippen LogP) is 3.60. The number of amides is 2. The van der Waals surface area contributed by atoms with Crippen LogP contribution < -0.4 is 10.1 Å². The molecule has 1 fully saturated rings. The van der Waals surface area contributed by atoms with Gasteiger partial charge >= 0.3 is 0 Å². The highest BCUT2D eigenvalue weighted by Gasteiger charge is 2.19. The summed E-state index contributed by atoms with van der Waals surface area (Å²) in [4.78, 5) is 38.5. The zero-order chi connectivity index (χ0) is 21.5. The van der Waals surface area contributed by atoms with E-state index < -0.39 is 6.10 Å². The predicted molar refractivity (Wildman–Crippen MR) is 115 cm³/mol. The van der Waals surface area contributed by atoms with Crippen molar-refractivity contribution < 1.29 is 19.1 Å². The second-order valence-corrected chi connectivity index (χ2v) is 7.62. The van der Waals surface area contributed by atoms with Crippen molar-refractivity contribution >= 4 is 17.6 Å². The van der Waals surface area contributed by atoms with Crippen molar-refractivity contribution in [2.75, 3.05) is 13.1 Å². The lowest BCUT2D eigenvalue weighted by molar-refractivity contribution is -0.127. The highest BCUT2D eigenvalue weighted by Crippen LogP contribution is 2.16. The van der Waals surface area contributed by atoms with Crippen molar-refractivity contribution in [2.45, 2.75) is 45.8 Å². The van der Waals surface area contributed by atoms with Gasteiger partial charge in [-0.05, 0) is 62.9 Å². The van der Waals surface area contributed by atoms with E-state index in [1.165, 1.54) is 13.3 Å². The minimum atomic E-state index is -0.717. The van der Waals surface area contributed by atoms with E-state index in [9.17, 15) is 14.4 Å². The number of piperidine rings is 1. The van der Waals surface area contributed by atoms with Gasteiger partial charge in [0.1, 0.15) is 5.75 Å². The molecule has 0 saturated carbocycles. The van der Waals surface area contributed by atoms with Gasteiger partial charge in [-0.1, -0.05) is 24.3 Å². The monoisotopic (exact) mass is 408 g/mol. The maximum absolute atomic E-state index is 12.7. The Morgan fingerprint density at radius 3 is 2.43 bits per heavy atom. The van der Waals surface area contributed by atoms with Crippen molar-refractivity contribution in [1.82, 2.24) is 10.2 Å². The molecule has 0 radical (unpaired) electrons. The van der Waals surface area contributed by atoms with Crippen molar-refractivity contribution in [1.29, 1.82) is 0 Å². The third-order valence-corrected chi connectivity index (χ3v) is 5.21. The zero-order valence-electron chi connectivity index (χ0n) is 17.5. The second-order valence-electron chi connectivity index (χ2n) is 7.62. The molecule has 2 aromatic rings. The molecule has 30 heavy (non-hydrogen) atoms. The van der Waals surface area contributed by atoms with Crippen LogP contribution in [0, 0.1) is 0 Å². The standard InChI is InChI=1S/C24H28N2O4/c1-17(27)20-9-7-11-22(15-20)30-18(2)23(28)25-16-19-8-6-10-21(14-19)24(29)26-12-4-3-5-13-26/h6-11,14-15,18H,3-5,12-13,16H2,1-2H3,(H,25,28). The van der Waals surface area contributed by atoms with Gasteiger partial charge < -0.3 is 15.0 Å². The van der Waals surface area contributed by atoms with Crippen LogP contribution in [0.1, 0.15) is 59.4 Å². The molecule has 0 aromatic heterocycles. The molecule has 1 saturated heterocycles. The molecule has 2 amide bonds. The van der Waals surface area contributed by atoms with Crippen molar-refractivity contribution in [3.63, 3.8) is 0 Å². The first-order chi connectivity index (χ1) is 14.4. The summed E-state index contributed by atoms with van der Waals surface area (Å²) < 4.78 is 5.67. The molecule has 1 aliphatic heterocycles. The first kappa shape index (κ1) is 21.6. The number of ether oxygens (including phenoxy) is 1. The molecular formula is C24H28N2O4. The van der Waals surface area contributed by atoms with E-state index in [2.05, 4.69) is 5.32 Å². The number of Topliss-reactive ketones (excluding diaryl/α,β-unsaturated/α-hetero) is 1. The van der Waals surface area contributed by atoms with Gasteiger partial charge in [-0.15, -0.1) is 0 Å². The molecule has 158 valence electrons. The summed E-state index contributed by atoms with van der Waals surface area (Å²) in [5.74, 6) is 0.192. The molecule has 1 aliphatic rings. The van der Waals surface area contributed by atoms with Gasteiger partial charge in [-0.25, -0.2) is 0 Å². The molecule has 1 unspecified atom stereocenters. The quantitative estimate of drug-likeness (QED) is 0.711. The van der Waals surface area contributed by atoms with Crippen LogP contribution in [0.15, 0.2) is 48.5 Å². The van der Waals surface area contributed by atoms with E-state index in [0.717, 1.165) is 31.5 Å². The topological polar surface area (TPSA) is 75.7 Å². The van der Waals surface area contributed by atoms with Crippen LogP contribution in [-0.4, -0.2) is 41.7 Å². The van der Waals surface area contributed by atoms with E-state index in [1.54, 1.807) is 31.2 Å². The lowest BCUT2D eigenvalue weighted by atomic mass is 10.1. The van der Waals surface area contributed by atoms with Gasteiger partial charge in [-0.3, -0.25) is 14.4 Å². The molecule has 0 bridgehead atoms. The van der Waals surface area contributed by atoms with Crippen molar-refractivity contribution in [2.24, 2.45) is 0 Å². The number of hydrogen-bond acceptors (Lipinski definition) is 4. The molecule has 0 spiro atoms. The Labute approximate surface area is 177 Å². The number of nitrogens with zero attached hydrogens (tertiary/aromatic N) is 1. The summed E-state index contributed by atoms with van der Waals surface area (Å²) in [6.07, 6.45) is 2.56. The Morgan fingerprint density at radius 2 is 1.70 bits per heavy atom. The lowest BCUT2D eigenvalue weighted by Crippen LogP contribution is -2.36. The molecule has 0 aliphatic carbocycles. The van der Waals surface area contributed by atoms with E-state index in [0.29, 0.717) is 23.4 Å². The maximum Gasteiger partial charge on any atom is 0.261 e. The Morgan fingerprint density at radius 1 is 1.00 bits per heavy atom. The van der Waals surface area contributed by atoms with Gasteiger partial charge in [0.15, 0.2) is 11.9 Å². The number of likely N-dealkylation sites (tertiary alicyclic amines) is 1. The third-order valence-electron chi connectivity index (χ3n) is 5.21. The fourth-order valence-corrected chi connectivity index (χ4v) is 3.47. The molecule has 6 nitrogen and oxygen atoms in total. The summed E-state index contributed by atoms with van der Waals surface area (Å²) in [6, 6.07) is 14.1. The smallest absolute Gasteiger partial charge is 0.261 e. The lowest BCUT2D eigenvalue weighted by Gasteiger charge is -2.26. The van der Waals surface area contributed by atoms with Crippen LogP contribution in [0.4, 0.5) is 0 Å².